The highest BCUT2D eigenvalue weighted by atomic mass is 16.5. The van der Waals surface area contributed by atoms with Crippen LogP contribution in [0.15, 0.2) is 0 Å². The Bertz CT molecular complexity index is 279. The summed E-state index contributed by atoms with van der Waals surface area (Å²) in [6.07, 6.45) is 6.17. The van der Waals surface area contributed by atoms with Crippen LogP contribution < -0.4 is 5.32 Å². The van der Waals surface area contributed by atoms with Gasteiger partial charge in [-0.05, 0) is 46.0 Å². The van der Waals surface area contributed by atoms with Gasteiger partial charge in [0, 0.05) is 37.3 Å². The molecule has 0 aliphatic heterocycles. The van der Waals surface area contributed by atoms with Crippen LogP contribution in [0.2, 0.25) is 0 Å². The second kappa shape index (κ2) is 6.53. The van der Waals surface area contributed by atoms with Crippen LogP contribution in [0, 0.1) is 0 Å². The first-order valence-electron chi connectivity index (χ1n) is 7.71. The predicted octanol–water partition coefficient (Wildman–Crippen LogP) is 1.38. The number of aliphatic hydroxyl groups is 1. The molecule has 0 aromatic heterocycles. The Balaban J connectivity index is 1.86. The van der Waals surface area contributed by atoms with E-state index in [1.54, 1.807) is 7.11 Å². The Kier molecular flexibility index (Phi) is 5.23. The third-order valence-corrected chi connectivity index (χ3v) is 4.36. The molecule has 0 saturated heterocycles. The van der Waals surface area contributed by atoms with Gasteiger partial charge >= 0.3 is 0 Å². The van der Waals surface area contributed by atoms with Crippen molar-refractivity contribution in [3.8, 4) is 0 Å². The molecular formula is C15H30N2O2. The maximum Gasteiger partial charge on any atom is 0.0611 e. The minimum Gasteiger partial charge on any atom is -0.394 e. The van der Waals surface area contributed by atoms with E-state index < -0.39 is 0 Å². The van der Waals surface area contributed by atoms with Gasteiger partial charge in [-0.2, -0.15) is 0 Å². The Morgan fingerprint density at radius 2 is 2.05 bits per heavy atom. The molecule has 2 unspecified atom stereocenters. The molecule has 0 heterocycles. The lowest BCUT2D eigenvalue weighted by Gasteiger charge is -2.37. The summed E-state index contributed by atoms with van der Waals surface area (Å²) in [5, 5.41) is 13.3. The minimum absolute atomic E-state index is 0.138. The number of hydrogen-bond donors (Lipinski definition) is 2. The molecule has 2 aliphatic carbocycles. The summed E-state index contributed by atoms with van der Waals surface area (Å²) in [5.41, 5.74) is -0.138. The lowest BCUT2D eigenvalue weighted by Crippen LogP contribution is -2.52. The third kappa shape index (κ3) is 4.71. The summed E-state index contributed by atoms with van der Waals surface area (Å²) < 4.78 is 5.22. The maximum atomic E-state index is 9.72. The van der Waals surface area contributed by atoms with Gasteiger partial charge in [-0.3, -0.25) is 4.90 Å². The molecule has 4 nitrogen and oxygen atoms in total. The van der Waals surface area contributed by atoms with Crippen molar-refractivity contribution in [1.29, 1.82) is 0 Å². The van der Waals surface area contributed by atoms with E-state index in [0.29, 0.717) is 12.1 Å². The van der Waals surface area contributed by atoms with Crippen molar-refractivity contribution in [3.05, 3.63) is 0 Å². The van der Waals surface area contributed by atoms with E-state index in [2.05, 4.69) is 24.1 Å². The van der Waals surface area contributed by atoms with E-state index in [-0.39, 0.29) is 12.1 Å². The van der Waals surface area contributed by atoms with Crippen LogP contribution in [-0.2, 0) is 4.74 Å². The molecule has 0 amide bonds. The first kappa shape index (κ1) is 15.2. The molecule has 0 spiro atoms. The monoisotopic (exact) mass is 270 g/mol. The van der Waals surface area contributed by atoms with E-state index >= 15 is 0 Å². The zero-order valence-electron chi connectivity index (χ0n) is 12.7. The first-order chi connectivity index (χ1) is 9.08. The zero-order valence-corrected chi connectivity index (χ0v) is 12.7. The van der Waals surface area contributed by atoms with E-state index in [9.17, 15) is 5.11 Å². The van der Waals surface area contributed by atoms with Gasteiger partial charge in [-0.25, -0.2) is 0 Å². The molecule has 2 rings (SSSR count). The smallest absolute Gasteiger partial charge is 0.0611 e. The van der Waals surface area contributed by atoms with Crippen molar-refractivity contribution in [1.82, 2.24) is 10.2 Å². The Hall–Kier alpha value is -0.160. The number of nitrogens with one attached hydrogen (secondary N) is 1. The highest BCUT2D eigenvalue weighted by Crippen LogP contribution is 2.31. The number of hydrogen-bond acceptors (Lipinski definition) is 4. The molecule has 112 valence electrons. The first-order valence-corrected chi connectivity index (χ1v) is 7.71. The average Bonchev–Trinajstić information content (AvgIpc) is 3.23. The number of aliphatic hydroxyl groups excluding tert-OH is 1. The fourth-order valence-corrected chi connectivity index (χ4v) is 3.02. The summed E-state index contributed by atoms with van der Waals surface area (Å²) in [4.78, 5) is 2.56. The number of methoxy groups -OCH3 is 1. The third-order valence-electron chi connectivity index (χ3n) is 4.36. The van der Waals surface area contributed by atoms with Crippen LogP contribution >= 0.6 is 0 Å². The fraction of sp³-hybridized carbons (Fsp3) is 1.00. The number of rotatable bonds is 10. The summed E-state index contributed by atoms with van der Waals surface area (Å²) in [6.45, 7) is 6.47. The topological polar surface area (TPSA) is 44.7 Å². The van der Waals surface area contributed by atoms with Gasteiger partial charge < -0.3 is 15.2 Å². The molecule has 0 radical (unpaired) electrons. The van der Waals surface area contributed by atoms with Gasteiger partial charge in [-0.15, -0.1) is 0 Å². The molecule has 0 bridgehead atoms. The molecule has 0 aromatic carbocycles. The Morgan fingerprint density at radius 1 is 1.37 bits per heavy atom. The fourth-order valence-electron chi connectivity index (χ4n) is 3.02. The van der Waals surface area contributed by atoms with E-state index in [1.807, 2.05) is 0 Å². The number of ether oxygens (including phenoxy) is 1. The zero-order chi connectivity index (χ0) is 13.9. The normalized spacial score (nSPS) is 24.5. The highest BCUT2D eigenvalue weighted by Gasteiger charge is 2.37. The summed E-state index contributed by atoms with van der Waals surface area (Å²) >= 11 is 0. The molecule has 0 aromatic rings. The average molecular weight is 270 g/mol. The van der Waals surface area contributed by atoms with Crippen LogP contribution in [0.3, 0.4) is 0 Å². The van der Waals surface area contributed by atoms with Crippen LogP contribution in [0.4, 0.5) is 0 Å². The summed E-state index contributed by atoms with van der Waals surface area (Å²) in [7, 11) is 1.77. The van der Waals surface area contributed by atoms with Crippen molar-refractivity contribution in [3.63, 3.8) is 0 Å². The van der Waals surface area contributed by atoms with Crippen LogP contribution in [0.1, 0.15) is 46.0 Å². The van der Waals surface area contributed by atoms with Gasteiger partial charge in [0.1, 0.15) is 0 Å². The van der Waals surface area contributed by atoms with Gasteiger partial charge in [0.15, 0.2) is 0 Å². The molecular weight excluding hydrogens is 240 g/mol. The van der Waals surface area contributed by atoms with Crippen LogP contribution in [-0.4, -0.2) is 60.5 Å². The Morgan fingerprint density at radius 3 is 2.53 bits per heavy atom. The minimum atomic E-state index is -0.138. The molecule has 2 atom stereocenters. The second-order valence-corrected chi connectivity index (χ2v) is 6.65. The van der Waals surface area contributed by atoms with E-state index in [0.717, 1.165) is 25.6 Å². The van der Waals surface area contributed by atoms with Gasteiger partial charge in [0.2, 0.25) is 0 Å². The summed E-state index contributed by atoms with van der Waals surface area (Å²) in [6, 6.07) is 1.87. The highest BCUT2D eigenvalue weighted by molar-refractivity contribution is 4.96. The quantitative estimate of drug-likeness (QED) is 0.629. The maximum absolute atomic E-state index is 9.72. The molecule has 2 N–H and O–H groups in total. The van der Waals surface area contributed by atoms with Crippen molar-refractivity contribution in [2.75, 3.05) is 26.9 Å². The Labute approximate surface area is 117 Å². The lowest BCUT2D eigenvalue weighted by molar-refractivity contribution is 0.0840. The molecule has 2 fully saturated rings. The van der Waals surface area contributed by atoms with Crippen molar-refractivity contribution >= 4 is 0 Å². The standard InChI is InChI=1S/C15H30N2O2/c1-12(17(8-9-19-3)14-6-7-14)10-15(2,11-18)16-13-4-5-13/h12-14,16,18H,4-11H2,1-3H3. The molecule has 2 saturated carbocycles. The van der Waals surface area contributed by atoms with Gasteiger partial charge in [0.25, 0.3) is 0 Å². The molecule has 19 heavy (non-hydrogen) atoms. The van der Waals surface area contributed by atoms with Crippen molar-refractivity contribution in [2.24, 2.45) is 0 Å². The SMILES string of the molecule is COCCN(C(C)CC(C)(CO)NC1CC1)C1CC1. The van der Waals surface area contributed by atoms with Crippen molar-refractivity contribution in [2.45, 2.75) is 69.6 Å². The number of nitrogens with zero attached hydrogens (tertiary/aromatic N) is 1. The second-order valence-electron chi connectivity index (χ2n) is 6.65. The van der Waals surface area contributed by atoms with Gasteiger partial charge in [-0.1, -0.05) is 0 Å². The molecule has 4 heteroatoms. The van der Waals surface area contributed by atoms with E-state index in [1.165, 1.54) is 25.7 Å². The van der Waals surface area contributed by atoms with Crippen LogP contribution in [0.5, 0.6) is 0 Å². The summed E-state index contributed by atoms with van der Waals surface area (Å²) in [5.74, 6) is 0. The van der Waals surface area contributed by atoms with Gasteiger partial charge in [0.05, 0.1) is 13.2 Å². The predicted molar refractivity (Wildman–Crippen MR) is 77.3 cm³/mol. The van der Waals surface area contributed by atoms with E-state index in [4.69, 9.17) is 4.74 Å². The van der Waals surface area contributed by atoms with Crippen molar-refractivity contribution < 1.29 is 9.84 Å². The largest absolute Gasteiger partial charge is 0.394 e. The lowest BCUT2D eigenvalue weighted by atomic mass is 9.93. The molecule has 2 aliphatic rings. The van der Waals surface area contributed by atoms with Crippen LogP contribution in [0.25, 0.3) is 0 Å².